The molecule has 0 saturated carbocycles. The molecule has 0 fully saturated rings. The van der Waals surface area contributed by atoms with Crippen LogP contribution in [0.4, 0.5) is 0 Å². The quantitative estimate of drug-likeness (QED) is 0.463. The molecule has 0 rings (SSSR count). The van der Waals surface area contributed by atoms with E-state index in [-0.39, 0.29) is 12.5 Å². The van der Waals surface area contributed by atoms with E-state index in [1.807, 2.05) is 14.1 Å². The molecule has 0 aliphatic heterocycles. The lowest BCUT2D eigenvalue weighted by molar-refractivity contribution is -0.119. The van der Waals surface area contributed by atoms with Crippen molar-refractivity contribution in [3.63, 3.8) is 0 Å². The fraction of sp³-hybridized carbons (Fsp3) is 0.750. The van der Waals surface area contributed by atoms with E-state index in [1.165, 1.54) is 0 Å². The van der Waals surface area contributed by atoms with Gasteiger partial charge in [0.05, 0.1) is 0 Å². The molecule has 4 heteroatoms. The molecule has 0 unspecified atom stereocenters. The van der Waals surface area contributed by atoms with E-state index >= 15 is 0 Å². The van der Waals surface area contributed by atoms with Crippen LogP contribution in [0.15, 0.2) is 0 Å². The largest absolute Gasteiger partial charge is 0.350 e. The number of hydrogen-bond acceptors (Lipinski definition) is 2. The number of nitrogens with one attached hydrogen (secondary N) is 1. The molecule has 0 radical (unpaired) electrons. The van der Waals surface area contributed by atoms with Crippen molar-refractivity contribution in [1.82, 2.24) is 10.2 Å². The molecular formula is C8H15N3O. The van der Waals surface area contributed by atoms with E-state index < -0.39 is 0 Å². The molecule has 1 N–H and O–H groups in total. The summed E-state index contributed by atoms with van der Waals surface area (Å²) < 4.78 is 0. The smallest absolute Gasteiger partial charge is 0.300 e. The monoisotopic (exact) mass is 169 g/mol. The summed E-state index contributed by atoms with van der Waals surface area (Å²) in [6.07, 6.45) is 0.927. The van der Waals surface area contributed by atoms with Crippen molar-refractivity contribution in [1.29, 1.82) is 0 Å². The molecule has 0 atom stereocenters. The zero-order valence-corrected chi connectivity index (χ0v) is 7.63. The summed E-state index contributed by atoms with van der Waals surface area (Å²) in [7, 11) is 3.97. The van der Waals surface area contributed by atoms with E-state index in [0.29, 0.717) is 6.54 Å². The van der Waals surface area contributed by atoms with Crippen LogP contribution >= 0.6 is 0 Å². The Morgan fingerprint density at radius 2 is 2.25 bits per heavy atom. The van der Waals surface area contributed by atoms with Crippen molar-refractivity contribution in [3.05, 3.63) is 11.4 Å². The Labute approximate surface area is 73.4 Å². The van der Waals surface area contributed by atoms with Crippen molar-refractivity contribution in [3.8, 4) is 0 Å². The first-order chi connectivity index (χ1) is 5.66. The van der Waals surface area contributed by atoms with Crippen LogP contribution in [0.25, 0.3) is 4.85 Å². The SMILES string of the molecule is [C-]#[N+]CC(=O)NCCCN(C)C. The second-order valence-electron chi connectivity index (χ2n) is 2.82. The van der Waals surface area contributed by atoms with E-state index in [1.54, 1.807) is 0 Å². The molecule has 4 nitrogen and oxygen atoms in total. The summed E-state index contributed by atoms with van der Waals surface area (Å²) in [6, 6.07) is 0. The minimum Gasteiger partial charge on any atom is -0.350 e. The number of rotatable bonds is 5. The average Bonchev–Trinajstić information content (AvgIpc) is 1.98. The zero-order chi connectivity index (χ0) is 9.40. The van der Waals surface area contributed by atoms with Gasteiger partial charge in [0.2, 0.25) is 0 Å². The first-order valence-electron chi connectivity index (χ1n) is 3.91. The molecule has 0 aromatic carbocycles. The molecule has 0 aromatic heterocycles. The Balaban J connectivity index is 3.21. The normalized spacial score (nSPS) is 9.50. The topological polar surface area (TPSA) is 36.7 Å². The number of carbonyl (C=O) groups excluding carboxylic acids is 1. The summed E-state index contributed by atoms with van der Waals surface area (Å²) in [5.41, 5.74) is 0. The van der Waals surface area contributed by atoms with Gasteiger partial charge in [0, 0.05) is 6.54 Å². The highest BCUT2D eigenvalue weighted by Gasteiger charge is 2.00. The molecule has 68 valence electrons. The van der Waals surface area contributed by atoms with Crippen LogP contribution in [0.5, 0.6) is 0 Å². The van der Waals surface area contributed by atoms with Crippen molar-refractivity contribution < 1.29 is 4.79 Å². The van der Waals surface area contributed by atoms with Gasteiger partial charge in [-0.3, -0.25) is 4.79 Å². The van der Waals surface area contributed by atoms with Gasteiger partial charge in [0.25, 0.3) is 12.5 Å². The molecule has 1 amide bonds. The van der Waals surface area contributed by atoms with Gasteiger partial charge in [0.15, 0.2) is 0 Å². The van der Waals surface area contributed by atoms with Crippen LogP contribution < -0.4 is 5.32 Å². The van der Waals surface area contributed by atoms with Crippen molar-refractivity contribution in [2.24, 2.45) is 0 Å². The fourth-order valence-electron chi connectivity index (χ4n) is 0.751. The van der Waals surface area contributed by atoms with Gasteiger partial charge in [-0.05, 0) is 27.1 Å². The highest BCUT2D eigenvalue weighted by molar-refractivity contribution is 5.79. The maximum atomic E-state index is 10.7. The molecule has 12 heavy (non-hydrogen) atoms. The second kappa shape index (κ2) is 6.62. The van der Waals surface area contributed by atoms with Gasteiger partial charge in [-0.1, -0.05) is 0 Å². The molecule has 0 spiro atoms. The molecule has 0 bridgehead atoms. The molecule has 0 aromatic rings. The van der Waals surface area contributed by atoms with Crippen LogP contribution in [0.2, 0.25) is 0 Å². The Morgan fingerprint density at radius 3 is 2.75 bits per heavy atom. The van der Waals surface area contributed by atoms with Crippen LogP contribution in [-0.2, 0) is 4.79 Å². The van der Waals surface area contributed by atoms with Gasteiger partial charge < -0.3 is 15.1 Å². The molecular weight excluding hydrogens is 154 g/mol. The van der Waals surface area contributed by atoms with Crippen LogP contribution in [0.3, 0.4) is 0 Å². The third kappa shape index (κ3) is 7.03. The summed E-state index contributed by atoms with van der Waals surface area (Å²) >= 11 is 0. The maximum absolute atomic E-state index is 10.7. The first-order valence-corrected chi connectivity index (χ1v) is 3.91. The van der Waals surface area contributed by atoms with E-state index in [0.717, 1.165) is 13.0 Å². The van der Waals surface area contributed by atoms with Crippen molar-refractivity contribution in [2.45, 2.75) is 6.42 Å². The van der Waals surface area contributed by atoms with E-state index in [9.17, 15) is 4.79 Å². The molecule has 0 aliphatic rings. The number of hydrogen-bond donors (Lipinski definition) is 1. The minimum atomic E-state index is -0.177. The predicted molar refractivity (Wildman–Crippen MR) is 47.6 cm³/mol. The number of carbonyl (C=O) groups is 1. The Kier molecular flexibility index (Phi) is 6.02. The third-order valence-electron chi connectivity index (χ3n) is 1.33. The van der Waals surface area contributed by atoms with Gasteiger partial charge in [-0.2, -0.15) is 0 Å². The lowest BCUT2D eigenvalue weighted by Crippen LogP contribution is -2.28. The van der Waals surface area contributed by atoms with Crippen LogP contribution in [0.1, 0.15) is 6.42 Å². The lowest BCUT2D eigenvalue weighted by Gasteiger charge is -2.08. The molecule has 0 saturated heterocycles. The summed E-state index contributed by atoms with van der Waals surface area (Å²) in [5.74, 6) is -0.177. The first kappa shape index (κ1) is 10.9. The number of nitrogens with zero attached hydrogens (tertiary/aromatic N) is 2. The maximum Gasteiger partial charge on any atom is 0.300 e. The van der Waals surface area contributed by atoms with Gasteiger partial charge in [0.1, 0.15) is 0 Å². The Morgan fingerprint density at radius 1 is 1.58 bits per heavy atom. The standard InChI is InChI=1S/C8H15N3O/c1-9-7-8(12)10-5-4-6-11(2)3/h4-7H2,2-3H3,(H,10,12). The summed E-state index contributed by atoms with van der Waals surface area (Å²) in [5, 5.41) is 2.66. The van der Waals surface area contributed by atoms with E-state index in [4.69, 9.17) is 6.57 Å². The van der Waals surface area contributed by atoms with Crippen LogP contribution in [0, 0.1) is 6.57 Å². The third-order valence-corrected chi connectivity index (χ3v) is 1.33. The van der Waals surface area contributed by atoms with E-state index in [2.05, 4.69) is 15.1 Å². The van der Waals surface area contributed by atoms with Crippen molar-refractivity contribution in [2.75, 3.05) is 33.7 Å². The highest BCUT2D eigenvalue weighted by Crippen LogP contribution is 1.80. The minimum absolute atomic E-state index is 0.0536. The highest BCUT2D eigenvalue weighted by atomic mass is 16.1. The zero-order valence-electron chi connectivity index (χ0n) is 7.63. The van der Waals surface area contributed by atoms with Crippen molar-refractivity contribution >= 4 is 5.91 Å². The van der Waals surface area contributed by atoms with Gasteiger partial charge in [-0.25, -0.2) is 6.57 Å². The van der Waals surface area contributed by atoms with Gasteiger partial charge >= 0.3 is 0 Å². The fourth-order valence-corrected chi connectivity index (χ4v) is 0.751. The number of amides is 1. The average molecular weight is 169 g/mol. The molecule has 0 aliphatic carbocycles. The van der Waals surface area contributed by atoms with Gasteiger partial charge in [-0.15, -0.1) is 0 Å². The van der Waals surface area contributed by atoms with Crippen LogP contribution in [-0.4, -0.2) is 44.5 Å². The lowest BCUT2D eigenvalue weighted by atomic mass is 10.4. The summed E-state index contributed by atoms with van der Waals surface area (Å²) in [6.45, 7) is 8.00. The Bertz CT molecular complexity index is 172. The predicted octanol–water partition coefficient (Wildman–Crippen LogP) is -0.0264. The summed E-state index contributed by atoms with van der Waals surface area (Å²) in [4.78, 5) is 15.8. The second-order valence-corrected chi connectivity index (χ2v) is 2.82. The molecule has 0 heterocycles. The Hall–Kier alpha value is -1.08.